The van der Waals surface area contributed by atoms with Gasteiger partial charge in [-0.15, -0.1) is 0 Å². The molecule has 1 saturated heterocycles. The number of urea groups is 1. The number of nitrogens with zero attached hydrogens (tertiary/aromatic N) is 2. The molecule has 0 aliphatic carbocycles. The third-order valence-corrected chi connectivity index (χ3v) is 5.43. The van der Waals surface area contributed by atoms with E-state index in [1.807, 2.05) is 31.2 Å². The molecule has 8 heteroatoms. The second-order valence-corrected chi connectivity index (χ2v) is 7.18. The van der Waals surface area contributed by atoms with Crippen LogP contribution in [-0.4, -0.2) is 70.0 Å². The minimum Gasteiger partial charge on any atom is -0.480 e. The molecule has 1 fully saturated rings. The minimum atomic E-state index is -1.03. The van der Waals surface area contributed by atoms with Crippen molar-refractivity contribution in [2.45, 2.75) is 26.3 Å². The topological polar surface area (TPSA) is 106 Å². The van der Waals surface area contributed by atoms with Gasteiger partial charge in [0.15, 0.2) is 0 Å². The molecule has 1 aromatic carbocycles. The Morgan fingerprint density at radius 1 is 1.14 bits per heavy atom. The molecule has 2 aromatic rings. The number of benzene rings is 1. The first-order valence-corrected chi connectivity index (χ1v) is 9.56. The molecule has 2 heterocycles. The Hall–Kier alpha value is -3.03. The number of hydrogen-bond donors (Lipinski definition) is 3. The minimum absolute atomic E-state index is 0.0690. The van der Waals surface area contributed by atoms with E-state index in [2.05, 4.69) is 10.3 Å². The van der Waals surface area contributed by atoms with Gasteiger partial charge in [0, 0.05) is 43.3 Å². The zero-order chi connectivity index (χ0) is 20.3. The third kappa shape index (κ3) is 3.95. The number of carboxylic acid groups (broad SMARTS) is 1. The van der Waals surface area contributed by atoms with Gasteiger partial charge in [0.25, 0.3) is 5.91 Å². The number of aliphatic carboxylic acids is 1. The highest BCUT2D eigenvalue weighted by molar-refractivity contribution is 6.06. The zero-order valence-electron chi connectivity index (χ0n) is 16.1. The van der Waals surface area contributed by atoms with E-state index in [0.717, 1.165) is 10.9 Å². The van der Waals surface area contributed by atoms with Crippen molar-refractivity contribution in [1.82, 2.24) is 20.1 Å². The van der Waals surface area contributed by atoms with Crippen molar-refractivity contribution >= 4 is 28.8 Å². The molecule has 2 atom stereocenters. The number of carbonyl (C=O) groups excluding carboxylic acids is 2. The lowest BCUT2D eigenvalue weighted by Gasteiger charge is -2.35. The van der Waals surface area contributed by atoms with Crippen LogP contribution in [0.25, 0.3) is 10.9 Å². The van der Waals surface area contributed by atoms with Gasteiger partial charge >= 0.3 is 12.0 Å². The van der Waals surface area contributed by atoms with Crippen LogP contribution in [0.15, 0.2) is 30.5 Å². The fourth-order valence-corrected chi connectivity index (χ4v) is 3.44. The Labute approximate surface area is 163 Å². The molecular weight excluding hydrogens is 360 g/mol. The summed E-state index contributed by atoms with van der Waals surface area (Å²) < 4.78 is 0. The third-order valence-electron chi connectivity index (χ3n) is 5.43. The van der Waals surface area contributed by atoms with Gasteiger partial charge in [-0.25, -0.2) is 9.59 Å². The van der Waals surface area contributed by atoms with E-state index in [-0.39, 0.29) is 11.8 Å². The maximum absolute atomic E-state index is 12.9. The smallest absolute Gasteiger partial charge is 0.326 e. The molecule has 3 N–H and O–H groups in total. The lowest BCUT2D eigenvalue weighted by molar-refractivity contribution is -0.140. The highest BCUT2D eigenvalue weighted by Gasteiger charge is 2.30. The van der Waals surface area contributed by atoms with Gasteiger partial charge < -0.3 is 25.2 Å². The predicted octanol–water partition coefficient (Wildman–Crippen LogP) is 2.13. The van der Waals surface area contributed by atoms with Crippen LogP contribution >= 0.6 is 0 Å². The summed E-state index contributed by atoms with van der Waals surface area (Å²) in [5.74, 6) is -1.26. The molecule has 28 heavy (non-hydrogen) atoms. The normalized spacial score (nSPS) is 16.6. The number of hydrogen-bond acceptors (Lipinski definition) is 3. The summed E-state index contributed by atoms with van der Waals surface area (Å²) in [6, 6.07) is 6.32. The van der Waals surface area contributed by atoms with Crippen LogP contribution in [0.3, 0.4) is 0 Å². The number of nitrogens with one attached hydrogen (secondary N) is 2. The summed E-state index contributed by atoms with van der Waals surface area (Å²) in [5, 5.41) is 12.8. The number of piperazine rings is 1. The Morgan fingerprint density at radius 2 is 1.79 bits per heavy atom. The molecule has 1 aliphatic rings. The number of aromatic nitrogens is 1. The highest BCUT2D eigenvalue weighted by Crippen LogP contribution is 2.20. The van der Waals surface area contributed by atoms with E-state index >= 15 is 0 Å². The fourth-order valence-electron chi connectivity index (χ4n) is 3.44. The lowest BCUT2D eigenvalue weighted by Crippen LogP contribution is -2.56. The lowest BCUT2D eigenvalue weighted by atomic mass is 9.99. The van der Waals surface area contributed by atoms with Crippen molar-refractivity contribution in [2.24, 2.45) is 5.92 Å². The Bertz CT molecular complexity index is 870. The van der Waals surface area contributed by atoms with Gasteiger partial charge in [-0.1, -0.05) is 38.5 Å². The molecule has 0 bridgehead atoms. The maximum Gasteiger partial charge on any atom is 0.326 e. The number of aromatic amines is 1. The maximum atomic E-state index is 12.9. The summed E-state index contributed by atoms with van der Waals surface area (Å²) in [6.07, 6.45) is 2.37. The van der Waals surface area contributed by atoms with Gasteiger partial charge in [0.05, 0.1) is 5.56 Å². The first-order valence-electron chi connectivity index (χ1n) is 9.56. The zero-order valence-corrected chi connectivity index (χ0v) is 16.1. The quantitative estimate of drug-likeness (QED) is 0.732. The van der Waals surface area contributed by atoms with Crippen LogP contribution in [0.4, 0.5) is 4.79 Å². The van der Waals surface area contributed by atoms with Crippen molar-refractivity contribution in [3.63, 3.8) is 0 Å². The van der Waals surface area contributed by atoms with Gasteiger partial charge in [0.1, 0.15) is 6.04 Å². The number of fused-ring (bicyclic) bond motifs is 1. The number of para-hydroxylation sites is 1. The molecule has 150 valence electrons. The summed E-state index contributed by atoms with van der Waals surface area (Å²) in [6.45, 7) is 5.25. The number of rotatable bonds is 5. The van der Waals surface area contributed by atoms with Crippen LogP contribution in [0, 0.1) is 5.92 Å². The number of H-pyrrole nitrogens is 1. The van der Waals surface area contributed by atoms with Crippen molar-refractivity contribution in [3.05, 3.63) is 36.0 Å². The fraction of sp³-hybridized carbons (Fsp3) is 0.450. The van der Waals surface area contributed by atoms with Crippen LogP contribution in [0.1, 0.15) is 30.6 Å². The van der Waals surface area contributed by atoms with Gasteiger partial charge in [-0.05, 0) is 12.0 Å². The van der Waals surface area contributed by atoms with Gasteiger partial charge in [-0.2, -0.15) is 0 Å². The van der Waals surface area contributed by atoms with E-state index < -0.39 is 18.0 Å². The average molecular weight is 386 g/mol. The van der Waals surface area contributed by atoms with Crippen molar-refractivity contribution < 1.29 is 19.5 Å². The van der Waals surface area contributed by atoms with Crippen LogP contribution in [0.5, 0.6) is 0 Å². The van der Waals surface area contributed by atoms with Crippen molar-refractivity contribution in [2.75, 3.05) is 26.2 Å². The molecule has 3 amide bonds. The first kappa shape index (κ1) is 19.7. The summed E-state index contributed by atoms with van der Waals surface area (Å²) in [4.78, 5) is 43.1. The molecule has 0 radical (unpaired) electrons. The van der Waals surface area contributed by atoms with Crippen molar-refractivity contribution in [1.29, 1.82) is 0 Å². The molecule has 0 spiro atoms. The summed E-state index contributed by atoms with van der Waals surface area (Å²) in [7, 11) is 0. The molecule has 3 rings (SSSR count). The Morgan fingerprint density at radius 3 is 2.43 bits per heavy atom. The average Bonchev–Trinajstić information content (AvgIpc) is 3.14. The van der Waals surface area contributed by atoms with E-state index in [4.69, 9.17) is 0 Å². The standard InChI is InChI=1S/C20H26N4O4/c1-3-13(2)17(19(26)27)22-20(28)24-10-8-23(9-11-24)18(25)15-12-21-16-7-5-4-6-14(15)16/h4-7,12-13,17,21H,3,8-11H2,1-2H3,(H,22,28)(H,26,27)/t13-,17+/m1/s1. The second kappa shape index (κ2) is 8.33. The molecule has 1 aliphatic heterocycles. The van der Waals surface area contributed by atoms with Gasteiger partial charge in [-0.3, -0.25) is 4.79 Å². The molecule has 8 nitrogen and oxygen atoms in total. The van der Waals surface area contributed by atoms with E-state index in [9.17, 15) is 19.5 Å². The SMILES string of the molecule is CC[C@@H](C)[C@H](NC(=O)N1CCN(C(=O)c2c[nH]c3ccccc23)CC1)C(=O)O. The number of amides is 3. The Kier molecular flexibility index (Phi) is 5.87. The number of carbonyl (C=O) groups is 3. The number of carboxylic acids is 1. The van der Waals surface area contributed by atoms with E-state index in [1.54, 1.807) is 22.9 Å². The van der Waals surface area contributed by atoms with E-state index in [0.29, 0.717) is 38.2 Å². The van der Waals surface area contributed by atoms with Crippen LogP contribution in [0.2, 0.25) is 0 Å². The van der Waals surface area contributed by atoms with Crippen LogP contribution < -0.4 is 5.32 Å². The van der Waals surface area contributed by atoms with E-state index in [1.165, 1.54) is 0 Å². The first-order chi connectivity index (χ1) is 13.4. The monoisotopic (exact) mass is 386 g/mol. The second-order valence-electron chi connectivity index (χ2n) is 7.18. The predicted molar refractivity (Wildman–Crippen MR) is 105 cm³/mol. The molecule has 0 saturated carbocycles. The molecule has 1 aromatic heterocycles. The summed E-state index contributed by atoms with van der Waals surface area (Å²) in [5.41, 5.74) is 1.53. The van der Waals surface area contributed by atoms with Crippen molar-refractivity contribution in [3.8, 4) is 0 Å². The molecular formula is C20H26N4O4. The van der Waals surface area contributed by atoms with Gasteiger partial charge in [0.2, 0.25) is 0 Å². The Balaban J connectivity index is 1.60. The van der Waals surface area contributed by atoms with Crippen LogP contribution in [-0.2, 0) is 4.79 Å². The summed E-state index contributed by atoms with van der Waals surface area (Å²) >= 11 is 0. The molecule has 0 unspecified atom stereocenters. The highest BCUT2D eigenvalue weighted by atomic mass is 16.4. The largest absolute Gasteiger partial charge is 0.480 e.